The second-order valence-electron chi connectivity index (χ2n) is 3.20. The highest BCUT2D eigenvalue weighted by molar-refractivity contribution is 4.59. The van der Waals surface area contributed by atoms with Crippen molar-refractivity contribution in [1.29, 1.82) is 0 Å². The van der Waals surface area contributed by atoms with Gasteiger partial charge in [-0.25, -0.2) is 0 Å². The van der Waals surface area contributed by atoms with E-state index in [1.807, 2.05) is 27.7 Å². The minimum absolute atomic E-state index is 0.884. The molecule has 0 N–H and O–H groups in total. The lowest BCUT2D eigenvalue weighted by molar-refractivity contribution is 0.346. The molecule has 0 aliphatic carbocycles. The fourth-order valence-electron chi connectivity index (χ4n) is 1.38. The molecule has 0 radical (unpaired) electrons. The van der Waals surface area contributed by atoms with E-state index in [0.717, 1.165) is 11.8 Å². The summed E-state index contributed by atoms with van der Waals surface area (Å²) in [5.41, 5.74) is 0. The molecule has 0 saturated carbocycles. The van der Waals surface area contributed by atoms with Crippen molar-refractivity contribution < 1.29 is 0 Å². The predicted octanol–water partition coefficient (Wildman–Crippen LogP) is 5.52. The Bertz CT molecular complexity index is 55.1. The van der Waals surface area contributed by atoms with E-state index in [1.54, 1.807) is 0 Å². The molecule has 0 rings (SSSR count). The van der Waals surface area contributed by atoms with Crippen molar-refractivity contribution in [2.24, 2.45) is 11.8 Å². The first-order chi connectivity index (χ1) is 6.22. The third-order valence-electron chi connectivity index (χ3n) is 2.13. The van der Waals surface area contributed by atoms with Crippen LogP contribution in [0.2, 0.25) is 0 Å². The normalized spacial score (nSPS) is 10.8. The maximum absolute atomic E-state index is 2.32. The Kier molecular flexibility index (Phi) is 25.8. The third kappa shape index (κ3) is 14.8. The van der Waals surface area contributed by atoms with Gasteiger partial charge in [0, 0.05) is 0 Å². The van der Waals surface area contributed by atoms with E-state index < -0.39 is 0 Å². The average Bonchev–Trinajstić information content (AvgIpc) is 2.20. The molecular formula is C13H32. The van der Waals surface area contributed by atoms with Crippen LogP contribution in [0, 0.1) is 11.8 Å². The topological polar surface area (TPSA) is 0 Å². The first-order valence-corrected chi connectivity index (χ1v) is 6.22. The minimum Gasteiger partial charge on any atom is -0.0683 e. The van der Waals surface area contributed by atoms with Gasteiger partial charge in [-0.2, -0.15) is 0 Å². The first-order valence-electron chi connectivity index (χ1n) is 6.22. The van der Waals surface area contributed by atoms with Gasteiger partial charge in [0.2, 0.25) is 0 Å². The summed E-state index contributed by atoms with van der Waals surface area (Å²) in [6.45, 7) is 17.2. The Morgan fingerprint density at radius 1 is 0.846 bits per heavy atom. The Morgan fingerprint density at radius 2 is 1.23 bits per heavy atom. The van der Waals surface area contributed by atoms with Crippen molar-refractivity contribution in [3.05, 3.63) is 0 Å². The molecule has 0 nitrogen and oxygen atoms in total. The highest BCUT2D eigenvalue weighted by Crippen LogP contribution is 2.19. The molecule has 0 aromatic rings. The maximum atomic E-state index is 2.32. The quantitative estimate of drug-likeness (QED) is 0.545. The average molecular weight is 188 g/mol. The van der Waals surface area contributed by atoms with Crippen LogP contribution in [0.3, 0.4) is 0 Å². The molecule has 0 saturated heterocycles. The van der Waals surface area contributed by atoms with Crippen LogP contribution in [0.4, 0.5) is 0 Å². The summed E-state index contributed by atoms with van der Waals surface area (Å²) in [5.74, 6) is 1.85. The predicted molar refractivity (Wildman–Crippen MR) is 66.2 cm³/mol. The van der Waals surface area contributed by atoms with E-state index in [4.69, 9.17) is 0 Å². The van der Waals surface area contributed by atoms with E-state index in [9.17, 15) is 0 Å². The lowest BCUT2D eigenvalue weighted by Crippen LogP contribution is -2.06. The monoisotopic (exact) mass is 188 g/mol. The summed E-state index contributed by atoms with van der Waals surface area (Å²) in [5, 5.41) is 0. The van der Waals surface area contributed by atoms with Crippen molar-refractivity contribution in [1.82, 2.24) is 0 Å². The molecule has 0 aliphatic heterocycles. The van der Waals surface area contributed by atoms with Crippen LogP contribution in [0.1, 0.15) is 74.7 Å². The summed E-state index contributed by atoms with van der Waals surface area (Å²) in [7, 11) is 0. The van der Waals surface area contributed by atoms with Crippen LogP contribution in [0.25, 0.3) is 0 Å². The zero-order valence-electron chi connectivity index (χ0n) is 11.3. The zero-order chi connectivity index (χ0) is 11.3. The summed E-state index contributed by atoms with van der Waals surface area (Å²) < 4.78 is 0. The fraction of sp³-hybridized carbons (Fsp3) is 1.00. The van der Waals surface area contributed by atoms with Gasteiger partial charge in [0.15, 0.2) is 0 Å². The molecule has 0 aliphatic rings. The van der Waals surface area contributed by atoms with E-state index in [-0.39, 0.29) is 0 Å². The molecule has 13 heavy (non-hydrogen) atoms. The highest BCUT2D eigenvalue weighted by Gasteiger charge is 2.08. The molecule has 1 unspecified atom stereocenters. The highest BCUT2D eigenvalue weighted by atomic mass is 14.1. The molecular weight excluding hydrogens is 156 g/mol. The van der Waals surface area contributed by atoms with Gasteiger partial charge in [0.1, 0.15) is 0 Å². The Labute approximate surface area is 87.1 Å². The second-order valence-corrected chi connectivity index (χ2v) is 3.20. The van der Waals surface area contributed by atoms with Crippen molar-refractivity contribution in [3.8, 4) is 0 Å². The molecule has 0 aromatic carbocycles. The van der Waals surface area contributed by atoms with Crippen LogP contribution >= 0.6 is 0 Å². The Morgan fingerprint density at radius 3 is 1.31 bits per heavy atom. The lowest BCUT2D eigenvalue weighted by Gasteiger charge is -2.17. The van der Waals surface area contributed by atoms with Crippen molar-refractivity contribution >= 4 is 0 Å². The summed E-state index contributed by atoms with van der Waals surface area (Å²) in [4.78, 5) is 0. The van der Waals surface area contributed by atoms with E-state index in [2.05, 4.69) is 27.7 Å². The smallest absolute Gasteiger partial charge is 0.0394 e. The van der Waals surface area contributed by atoms with E-state index in [0.29, 0.717) is 0 Å². The Balaban J connectivity index is -0.000000218. The van der Waals surface area contributed by atoms with Crippen LogP contribution in [-0.2, 0) is 0 Å². The fourth-order valence-corrected chi connectivity index (χ4v) is 1.38. The van der Waals surface area contributed by atoms with Gasteiger partial charge in [-0.05, 0) is 11.8 Å². The first kappa shape index (κ1) is 18.7. The van der Waals surface area contributed by atoms with Crippen LogP contribution in [0.5, 0.6) is 0 Å². The third-order valence-corrected chi connectivity index (χ3v) is 2.13. The lowest BCUT2D eigenvalue weighted by atomic mass is 9.89. The van der Waals surface area contributed by atoms with Crippen LogP contribution < -0.4 is 0 Å². The van der Waals surface area contributed by atoms with Gasteiger partial charge in [-0.15, -0.1) is 0 Å². The van der Waals surface area contributed by atoms with Gasteiger partial charge < -0.3 is 0 Å². The molecule has 0 heterocycles. The van der Waals surface area contributed by atoms with Gasteiger partial charge in [0.25, 0.3) is 0 Å². The van der Waals surface area contributed by atoms with E-state index >= 15 is 0 Å². The van der Waals surface area contributed by atoms with E-state index in [1.165, 1.54) is 19.3 Å². The largest absolute Gasteiger partial charge is 0.0683 e. The van der Waals surface area contributed by atoms with Crippen LogP contribution in [0.15, 0.2) is 0 Å². The second kappa shape index (κ2) is 17.9. The van der Waals surface area contributed by atoms with Gasteiger partial charge in [0.05, 0.1) is 0 Å². The molecule has 1 atom stereocenters. The van der Waals surface area contributed by atoms with Crippen molar-refractivity contribution in [3.63, 3.8) is 0 Å². The van der Waals surface area contributed by atoms with Crippen molar-refractivity contribution in [2.75, 3.05) is 0 Å². The molecule has 0 bridgehead atoms. The van der Waals surface area contributed by atoms with Gasteiger partial charge in [-0.3, -0.25) is 0 Å². The molecule has 0 heteroatoms. The number of rotatable bonds is 4. The zero-order valence-corrected chi connectivity index (χ0v) is 11.3. The SMILES string of the molecule is CC.CC.CCCC(CC)C(C)C. The Hall–Kier alpha value is 0. The number of hydrogen-bond donors (Lipinski definition) is 0. The van der Waals surface area contributed by atoms with Crippen LogP contribution in [-0.4, -0.2) is 0 Å². The van der Waals surface area contributed by atoms with Gasteiger partial charge in [-0.1, -0.05) is 74.7 Å². The molecule has 0 amide bonds. The molecule has 0 aromatic heterocycles. The molecule has 0 spiro atoms. The minimum atomic E-state index is 0.884. The van der Waals surface area contributed by atoms with Crippen molar-refractivity contribution in [2.45, 2.75) is 74.7 Å². The maximum Gasteiger partial charge on any atom is -0.0394 e. The molecule has 0 fully saturated rings. The van der Waals surface area contributed by atoms with Gasteiger partial charge >= 0.3 is 0 Å². The standard InChI is InChI=1S/C9H20.2C2H6/c1-5-7-9(6-2)8(3)4;2*1-2/h8-9H,5-7H2,1-4H3;2*1-2H3. The molecule has 84 valence electrons. The summed E-state index contributed by atoms with van der Waals surface area (Å²) >= 11 is 0. The summed E-state index contributed by atoms with van der Waals surface area (Å²) in [6.07, 6.45) is 4.11. The summed E-state index contributed by atoms with van der Waals surface area (Å²) in [6, 6.07) is 0. The number of hydrogen-bond acceptors (Lipinski definition) is 0.